The van der Waals surface area contributed by atoms with Crippen LogP contribution >= 0.6 is 47.0 Å². The van der Waals surface area contributed by atoms with Gasteiger partial charge in [-0.1, -0.05) is 49.3 Å². The molecule has 1 atom stereocenters. The topological polar surface area (TPSA) is 444 Å². The zero-order valence-corrected chi connectivity index (χ0v) is 37.1. The number of rotatable bonds is 7. The predicted molar refractivity (Wildman–Crippen MR) is 224 cm³/mol. The Kier molecular flexibility index (Phi) is 275. The molecule has 0 aromatic rings. The summed E-state index contributed by atoms with van der Waals surface area (Å²) in [4.78, 5) is 2.71. The molecule has 18 nitrogen and oxygen atoms in total. The van der Waals surface area contributed by atoms with Crippen LogP contribution in [-0.4, -0.2) is 94.1 Å². The SMILES string of the molecule is C.C.C.C.C[SiH2]Cl.C[SiH2]Cl.Cl.Cl.N.N.N#N.N#N.N=B/[Si](=N\N)[Si](B=N)(B=N)[Si](=N)N.[B][Si]([SiH3])(N=[N+]=[N-])[SiH2]C.[CH3+].[CH3-].[NH2-].[NH4+]. The van der Waals surface area contributed by atoms with Crippen LogP contribution in [0, 0.1) is 57.4 Å². The Balaban J connectivity index is -0.0000000117. The predicted octanol–water partition coefficient (Wildman–Crippen LogP) is 2.87. The molecular formula is C9H62B4Cl4N18Si8. The normalized spacial score (nSPS) is 9.28. The van der Waals surface area contributed by atoms with Crippen molar-refractivity contribution >= 4 is 141 Å². The Hall–Kier alpha value is -0.385. The van der Waals surface area contributed by atoms with Gasteiger partial charge >= 0.3 is 80.1 Å². The van der Waals surface area contributed by atoms with Crippen molar-refractivity contribution in [3.63, 3.8) is 0 Å². The maximum atomic E-state index is 7.99. The Morgan fingerprint density at radius 2 is 1.21 bits per heavy atom. The summed E-state index contributed by atoms with van der Waals surface area (Å²) in [5, 5.41) is 58.4. The van der Waals surface area contributed by atoms with Crippen molar-refractivity contribution in [3.8, 4) is 0 Å². The van der Waals surface area contributed by atoms with Crippen LogP contribution in [0.3, 0.4) is 0 Å². The van der Waals surface area contributed by atoms with Gasteiger partial charge in [0.25, 0.3) is 0 Å². The number of azide groups is 1. The van der Waals surface area contributed by atoms with Crippen LogP contribution < -0.4 is 29.7 Å². The average molecular weight is 832 g/mol. The molecule has 0 aliphatic carbocycles. The van der Waals surface area contributed by atoms with Crippen LogP contribution in [0.4, 0.5) is 0 Å². The van der Waals surface area contributed by atoms with E-state index in [1.54, 1.807) is 0 Å². The van der Waals surface area contributed by atoms with Gasteiger partial charge in [0.1, 0.15) is 17.7 Å². The minimum Gasteiger partial charge on any atom is -0.693 e. The summed E-state index contributed by atoms with van der Waals surface area (Å²) in [6, 6.07) is 0. The first-order chi connectivity index (χ1) is 14.5. The molecule has 0 aromatic carbocycles. The van der Waals surface area contributed by atoms with Crippen LogP contribution in [0.1, 0.15) is 29.7 Å². The van der Waals surface area contributed by atoms with Crippen molar-refractivity contribution in [3.05, 3.63) is 31.4 Å². The number of nitrogens with one attached hydrogen (secondary N) is 4. The van der Waals surface area contributed by atoms with E-state index in [0.29, 0.717) is 0 Å². The van der Waals surface area contributed by atoms with E-state index in [4.69, 9.17) is 88.9 Å². The fraction of sp³-hybridized carbons (Fsp3) is 0.778. The standard InChI is InChI=1S/CH8BN3Si3.2CH5ClSi.4CH4.2CH3.B3H8N7Si3.2ClH.2N2.3H3N.H2N/c1-7-8(2,6)5-4-3;2*1-3-2;;;;;;;4-1-11(10-7)13(2-5,3-6)12(8)9;;;2*1-2;;;;/h7H2,1,6H3;2*3H2,1H3;4*1H4;2*1H3;4-6,8H,7,9H2;2*1H;;;3*1H3;1H2/q;;;;;;;-1;+1;;;;;;;;;-1/p+1/b;;;;;;;;;11-10+,12-8?;;;;;;;;. The second-order valence-corrected chi connectivity index (χ2v) is 42.5. The number of nitrogens with two attached hydrogens (primary N) is 3. The van der Waals surface area contributed by atoms with Gasteiger partial charge < -0.3 is 32.0 Å². The van der Waals surface area contributed by atoms with Gasteiger partial charge in [0, 0.05) is 38.0 Å². The van der Waals surface area contributed by atoms with E-state index in [9.17, 15) is 0 Å². The van der Waals surface area contributed by atoms with Crippen molar-refractivity contribution in [1.29, 1.82) is 42.6 Å². The first kappa shape index (κ1) is 122. The summed E-state index contributed by atoms with van der Waals surface area (Å²) in [6.07, 6.45) is 0. The second kappa shape index (κ2) is 96.9. The van der Waals surface area contributed by atoms with E-state index in [1.165, 1.54) is 0 Å². The van der Waals surface area contributed by atoms with Gasteiger partial charge in [-0.25, -0.2) is 0 Å². The van der Waals surface area contributed by atoms with E-state index in [0.717, 1.165) is 29.8 Å². The number of nitrogens with zero attached hydrogens (tertiary/aromatic N) is 8. The minimum atomic E-state index is -2.75. The monoisotopic (exact) mass is 830 g/mol. The zero-order valence-electron chi connectivity index (χ0n) is 23.7. The van der Waals surface area contributed by atoms with Crippen LogP contribution in [0.25, 0.3) is 16.6 Å². The molecule has 0 spiro atoms. The van der Waals surface area contributed by atoms with Gasteiger partial charge in [-0.05, 0) is 20.2 Å². The van der Waals surface area contributed by atoms with Crippen LogP contribution in [0.15, 0.2) is 9.52 Å². The summed E-state index contributed by atoms with van der Waals surface area (Å²) in [5.41, 5.74) is 7.99. The molecule has 2 radical (unpaired) electrons. The summed E-state index contributed by atoms with van der Waals surface area (Å²) in [5.74, 6) is 5.08. The van der Waals surface area contributed by atoms with Crippen molar-refractivity contribution in [1.82, 2.24) is 18.5 Å². The quantitative estimate of drug-likeness (QED) is 0.0211. The minimum absolute atomic E-state index is 0. The van der Waals surface area contributed by atoms with Crippen LogP contribution in [-0.2, 0) is 0 Å². The maximum absolute atomic E-state index is 7.99. The van der Waals surface area contributed by atoms with E-state index in [1.807, 2.05) is 13.1 Å². The molecule has 0 saturated heterocycles. The molecule has 0 aliphatic rings. The first-order valence-electron chi connectivity index (χ1n) is 8.07. The second-order valence-electron chi connectivity index (χ2n) is 4.66. The van der Waals surface area contributed by atoms with Gasteiger partial charge in [-0.3, -0.25) is 0 Å². The summed E-state index contributed by atoms with van der Waals surface area (Å²) >= 11 is 10.3. The Morgan fingerprint density at radius 1 is 0.977 bits per heavy atom. The number of hydrogen-bond acceptors (Lipinski definition) is 13. The summed E-state index contributed by atoms with van der Waals surface area (Å²) in [6.45, 7) is 6.57. The molecule has 0 amide bonds. The largest absolute Gasteiger partial charge is 0.693 e. The van der Waals surface area contributed by atoms with E-state index < -0.39 is 30.2 Å². The number of halogens is 4. The summed E-state index contributed by atoms with van der Waals surface area (Å²) < 4.78 is 7.08. The molecule has 260 valence electrons. The zero-order chi connectivity index (χ0) is 26.5. The van der Waals surface area contributed by atoms with E-state index >= 15 is 0 Å². The van der Waals surface area contributed by atoms with Crippen molar-refractivity contribution < 1.29 is 0 Å². The van der Waals surface area contributed by atoms with Gasteiger partial charge in [0.2, 0.25) is 0 Å². The molecular weight excluding hydrogens is 770 g/mol. The van der Waals surface area contributed by atoms with Crippen molar-refractivity contribution in [2.45, 2.75) is 49.3 Å². The van der Waals surface area contributed by atoms with Crippen molar-refractivity contribution in [2.24, 2.45) is 20.8 Å². The third-order valence-corrected chi connectivity index (χ3v) is 32.0. The molecule has 43 heavy (non-hydrogen) atoms. The first-order valence-corrected chi connectivity index (χ1v) is 31.7. The molecule has 0 heterocycles. The average Bonchev–Trinajstić information content (AvgIpc) is 2.76. The van der Waals surface area contributed by atoms with E-state index in [2.05, 4.69) is 21.0 Å². The maximum Gasteiger partial charge on any atom is 0.0832 e. The Morgan fingerprint density at radius 3 is 1.26 bits per heavy atom. The number of hydrogen-bond donors (Lipinski definition) is 9. The van der Waals surface area contributed by atoms with E-state index in [-0.39, 0.29) is 121 Å². The Bertz CT molecular complexity index is 625. The van der Waals surface area contributed by atoms with Gasteiger partial charge in [-0.2, -0.15) is 22.2 Å². The fourth-order valence-corrected chi connectivity index (χ4v) is 11.4. The summed E-state index contributed by atoms with van der Waals surface area (Å²) in [7, 11) is 0.634. The molecule has 0 bridgehead atoms. The van der Waals surface area contributed by atoms with Gasteiger partial charge in [0.15, 0.2) is 0 Å². The van der Waals surface area contributed by atoms with Gasteiger partial charge in [0.05, 0.1) is 14.6 Å². The molecule has 20 N–H and O–H groups in total. The van der Waals surface area contributed by atoms with Crippen LogP contribution in [0.2, 0.25) is 19.6 Å². The Labute approximate surface area is 301 Å². The molecule has 34 heteroatoms. The third kappa shape index (κ3) is 79.8. The molecule has 0 aliphatic heterocycles. The molecule has 0 aromatic heterocycles. The fourth-order valence-electron chi connectivity index (χ4n) is 0.919. The van der Waals surface area contributed by atoms with Crippen molar-refractivity contribution in [2.75, 3.05) is 0 Å². The van der Waals surface area contributed by atoms with Crippen LogP contribution in [0.5, 0.6) is 0 Å². The number of quaternary nitrogens is 1. The smallest absolute Gasteiger partial charge is 0.0832 e. The molecule has 0 saturated carbocycles. The third-order valence-electron chi connectivity index (χ3n) is 2.59. The van der Waals surface area contributed by atoms with Gasteiger partial charge in [-0.15, -0.1) is 29.6 Å². The molecule has 1 unspecified atom stereocenters. The molecule has 0 fully saturated rings. The molecule has 0 rings (SSSR count).